The molecule has 3 N–H and O–H groups in total. The summed E-state index contributed by atoms with van der Waals surface area (Å²) in [5.74, 6) is -1.61. The van der Waals surface area contributed by atoms with Gasteiger partial charge in [0.25, 0.3) is 0 Å². The summed E-state index contributed by atoms with van der Waals surface area (Å²) in [4.78, 5) is 36.6. The highest BCUT2D eigenvalue weighted by molar-refractivity contribution is 5.89. The molecule has 0 spiro atoms. The molecule has 0 radical (unpaired) electrons. The van der Waals surface area contributed by atoms with E-state index in [1.54, 1.807) is 12.2 Å². The minimum Gasteiger partial charge on any atom is -0.480 e. The van der Waals surface area contributed by atoms with E-state index in [2.05, 4.69) is 10.6 Å². The first-order valence-corrected chi connectivity index (χ1v) is 10.6. The van der Waals surface area contributed by atoms with Crippen LogP contribution in [0.15, 0.2) is 66.7 Å². The van der Waals surface area contributed by atoms with Crippen LogP contribution in [0.3, 0.4) is 0 Å². The van der Waals surface area contributed by atoms with Crippen molar-refractivity contribution in [1.82, 2.24) is 10.6 Å². The Balaban J connectivity index is 1.95. The molecule has 32 heavy (non-hydrogen) atoms. The third-order valence-corrected chi connectivity index (χ3v) is 4.62. The lowest BCUT2D eigenvalue weighted by Crippen LogP contribution is -2.52. The number of rotatable bonds is 11. The van der Waals surface area contributed by atoms with Crippen molar-refractivity contribution in [1.29, 1.82) is 0 Å². The average Bonchev–Trinajstić information content (AvgIpc) is 2.77. The SMILES string of the molecule is CC(C)C[C@H](NC(=O)OCc1ccccc1)C(=O)N[C@H](C/C=C/c1ccccc1)C(=O)O. The molecule has 0 bridgehead atoms. The van der Waals surface area contributed by atoms with Gasteiger partial charge in [-0.1, -0.05) is 86.7 Å². The molecule has 0 unspecified atom stereocenters. The lowest BCUT2D eigenvalue weighted by Gasteiger charge is -2.22. The maximum atomic E-state index is 12.8. The van der Waals surface area contributed by atoms with Gasteiger partial charge < -0.3 is 20.5 Å². The third kappa shape index (κ3) is 9.04. The van der Waals surface area contributed by atoms with E-state index in [4.69, 9.17) is 4.74 Å². The zero-order valence-electron chi connectivity index (χ0n) is 18.4. The molecule has 0 aliphatic carbocycles. The quantitative estimate of drug-likeness (QED) is 0.492. The van der Waals surface area contributed by atoms with Gasteiger partial charge in [-0.05, 0) is 29.9 Å². The molecule has 2 atom stereocenters. The molecule has 7 nitrogen and oxygen atoms in total. The monoisotopic (exact) mass is 438 g/mol. The lowest BCUT2D eigenvalue weighted by molar-refractivity contribution is -0.142. The Hall–Kier alpha value is -3.61. The number of carbonyl (C=O) groups is 3. The van der Waals surface area contributed by atoms with Crippen LogP contribution in [-0.4, -0.2) is 35.2 Å². The molecule has 2 aromatic carbocycles. The second-order valence-corrected chi connectivity index (χ2v) is 7.84. The molecule has 0 heterocycles. The highest BCUT2D eigenvalue weighted by atomic mass is 16.5. The summed E-state index contributed by atoms with van der Waals surface area (Å²) >= 11 is 0. The van der Waals surface area contributed by atoms with Gasteiger partial charge in [-0.15, -0.1) is 0 Å². The van der Waals surface area contributed by atoms with Crippen molar-refractivity contribution in [3.63, 3.8) is 0 Å². The maximum Gasteiger partial charge on any atom is 0.408 e. The van der Waals surface area contributed by atoms with Gasteiger partial charge in [-0.25, -0.2) is 9.59 Å². The summed E-state index contributed by atoms with van der Waals surface area (Å²) in [7, 11) is 0. The van der Waals surface area contributed by atoms with Gasteiger partial charge in [0.2, 0.25) is 5.91 Å². The van der Waals surface area contributed by atoms with E-state index in [1.807, 2.05) is 74.5 Å². The van der Waals surface area contributed by atoms with Crippen molar-refractivity contribution in [2.45, 2.75) is 45.4 Å². The third-order valence-electron chi connectivity index (χ3n) is 4.62. The van der Waals surface area contributed by atoms with E-state index in [1.165, 1.54) is 0 Å². The van der Waals surface area contributed by atoms with Gasteiger partial charge in [-0.3, -0.25) is 4.79 Å². The predicted octanol–water partition coefficient (Wildman–Crippen LogP) is 4.00. The van der Waals surface area contributed by atoms with Crippen molar-refractivity contribution < 1.29 is 24.2 Å². The van der Waals surface area contributed by atoms with E-state index in [0.29, 0.717) is 6.42 Å². The van der Waals surface area contributed by atoms with Crippen molar-refractivity contribution >= 4 is 24.0 Å². The molecular formula is C25H30N2O5. The minimum absolute atomic E-state index is 0.0741. The molecule has 2 aromatic rings. The van der Waals surface area contributed by atoms with Crippen LogP contribution in [0.25, 0.3) is 6.08 Å². The zero-order valence-corrected chi connectivity index (χ0v) is 18.4. The number of alkyl carbamates (subject to hydrolysis) is 1. The molecule has 0 aliphatic heterocycles. The number of amides is 2. The molecule has 0 aromatic heterocycles. The summed E-state index contributed by atoms with van der Waals surface area (Å²) in [5.41, 5.74) is 1.76. The first-order valence-electron chi connectivity index (χ1n) is 10.6. The molecule has 7 heteroatoms. The van der Waals surface area contributed by atoms with Crippen LogP contribution < -0.4 is 10.6 Å². The molecule has 0 fully saturated rings. The van der Waals surface area contributed by atoms with Crippen LogP contribution in [0.5, 0.6) is 0 Å². The minimum atomic E-state index is -1.15. The van der Waals surface area contributed by atoms with Crippen molar-refractivity contribution in [2.75, 3.05) is 0 Å². The average molecular weight is 439 g/mol. The predicted molar refractivity (Wildman–Crippen MR) is 123 cm³/mol. The Morgan fingerprint density at radius 3 is 2.16 bits per heavy atom. The van der Waals surface area contributed by atoms with Gasteiger partial charge in [0.1, 0.15) is 18.7 Å². The smallest absolute Gasteiger partial charge is 0.408 e. The topological polar surface area (TPSA) is 105 Å². The number of ether oxygens (including phenoxy) is 1. The Morgan fingerprint density at radius 1 is 0.938 bits per heavy atom. The Kier molecular flexibility index (Phi) is 9.97. The number of aliphatic carboxylic acids is 1. The lowest BCUT2D eigenvalue weighted by atomic mass is 10.0. The van der Waals surface area contributed by atoms with Crippen LogP contribution in [0.2, 0.25) is 0 Å². The number of hydrogen-bond acceptors (Lipinski definition) is 4. The number of carboxylic acids is 1. The molecule has 0 saturated heterocycles. The van der Waals surface area contributed by atoms with Crippen LogP contribution in [0, 0.1) is 5.92 Å². The number of carboxylic acid groups (broad SMARTS) is 1. The molecule has 0 aliphatic rings. The van der Waals surface area contributed by atoms with Crippen molar-refractivity contribution in [2.24, 2.45) is 5.92 Å². The second kappa shape index (κ2) is 12.9. The van der Waals surface area contributed by atoms with Gasteiger partial charge in [0, 0.05) is 0 Å². The summed E-state index contributed by atoms with van der Waals surface area (Å²) in [6.07, 6.45) is 3.23. The fourth-order valence-corrected chi connectivity index (χ4v) is 3.01. The van der Waals surface area contributed by atoms with Gasteiger partial charge in [0.15, 0.2) is 0 Å². The van der Waals surface area contributed by atoms with E-state index in [9.17, 15) is 19.5 Å². The Morgan fingerprint density at radius 2 is 1.56 bits per heavy atom. The van der Waals surface area contributed by atoms with Crippen LogP contribution in [0.1, 0.15) is 37.8 Å². The first kappa shape index (κ1) is 24.7. The number of carbonyl (C=O) groups excluding carboxylic acids is 2. The summed E-state index contributed by atoms with van der Waals surface area (Å²) in [6.45, 7) is 3.90. The Bertz CT molecular complexity index is 897. The van der Waals surface area contributed by atoms with E-state index in [0.717, 1.165) is 11.1 Å². The van der Waals surface area contributed by atoms with Gasteiger partial charge in [-0.2, -0.15) is 0 Å². The maximum absolute atomic E-state index is 12.8. The fraction of sp³-hybridized carbons (Fsp3) is 0.320. The van der Waals surface area contributed by atoms with Crippen LogP contribution in [-0.2, 0) is 20.9 Å². The van der Waals surface area contributed by atoms with Crippen LogP contribution >= 0.6 is 0 Å². The van der Waals surface area contributed by atoms with Gasteiger partial charge >= 0.3 is 12.1 Å². The highest BCUT2D eigenvalue weighted by Gasteiger charge is 2.27. The number of benzene rings is 2. The normalized spacial score (nSPS) is 12.8. The zero-order chi connectivity index (χ0) is 23.3. The van der Waals surface area contributed by atoms with Crippen molar-refractivity contribution in [3.8, 4) is 0 Å². The number of nitrogens with one attached hydrogen (secondary N) is 2. The first-order chi connectivity index (χ1) is 15.3. The van der Waals surface area contributed by atoms with E-state index < -0.39 is 30.1 Å². The molecule has 2 amide bonds. The van der Waals surface area contributed by atoms with E-state index >= 15 is 0 Å². The molecule has 2 rings (SSSR count). The summed E-state index contributed by atoms with van der Waals surface area (Å²) in [6, 6.07) is 16.6. The molecular weight excluding hydrogens is 408 g/mol. The summed E-state index contributed by atoms with van der Waals surface area (Å²) in [5, 5.41) is 14.6. The van der Waals surface area contributed by atoms with E-state index in [-0.39, 0.29) is 18.9 Å². The molecule has 170 valence electrons. The van der Waals surface area contributed by atoms with Crippen molar-refractivity contribution in [3.05, 3.63) is 77.9 Å². The second-order valence-electron chi connectivity index (χ2n) is 7.84. The Labute approximate surface area is 188 Å². The highest BCUT2D eigenvalue weighted by Crippen LogP contribution is 2.09. The molecule has 0 saturated carbocycles. The largest absolute Gasteiger partial charge is 0.480 e. The van der Waals surface area contributed by atoms with Gasteiger partial charge in [0.05, 0.1) is 0 Å². The summed E-state index contributed by atoms with van der Waals surface area (Å²) < 4.78 is 5.20. The van der Waals surface area contributed by atoms with Crippen LogP contribution in [0.4, 0.5) is 4.79 Å². The standard InChI is InChI=1S/C25H30N2O5/c1-18(2)16-22(27-25(31)32-17-20-12-7-4-8-13-20)23(28)26-21(24(29)30)15-9-14-19-10-5-3-6-11-19/h3-14,18,21-22H,15-17H2,1-2H3,(H,26,28)(H,27,31)(H,29,30)/b14-9+/t21-,22+/m1/s1. The number of hydrogen-bond donors (Lipinski definition) is 3. The fourth-order valence-electron chi connectivity index (χ4n) is 3.01.